The van der Waals surface area contributed by atoms with Crippen molar-refractivity contribution >= 4 is 8.07 Å². The van der Waals surface area contributed by atoms with E-state index in [1.165, 1.54) is 0 Å². The summed E-state index contributed by atoms with van der Waals surface area (Å²) in [6.07, 6.45) is 4.32. The molecule has 3 aromatic carbocycles. The van der Waals surface area contributed by atoms with Crippen molar-refractivity contribution in [2.75, 3.05) is 13.2 Å². The van der Waals surface area contributed by atoms with Gasteiger partial charge in [0.1, 0.15) is 19.8 Å². The third-order valence-corrected chi connectivity index (χ3v) is 11.6. The summed E-state index contributed by atoms with van der Waals surface area (Å²) >= 11 is 0. The Kier molecular flexibility index (Phi) is 14.8. The zero-order valence-electron chi connectivity index (χ0n) is 32.7. The molecule has 0 spiro atoms. The van der Waals surface area contributed by atoms with Crippen LogP contribution in [0.4, 0.5) is 0 Å². The highest BCUT2D eigenvalue weighted by Crippen LogP contribution is 2.44. The molecule has 3 fully saturated rings. The number of benzene rings is 3. The van der Waals surface area contributed by atoms with E-state index in [1.807, 2.05) is 60.7 Å². The first-order chi connectivity index (χ1) is 26.2. The Bertz CT molecular complexity index is 1620. The molecule has 3 aliphatic heterocycles. The van der Waals surface area contributed by atoms with Crippen LogP contribution in [0.25, 0.3) is 0 Å². The van der Waals surface area contributed by atoms with Gasteiger partial charge < -0.3 is 33.2 Å². The van der Waals surface area contributed by atoms with E-state index in [1.54, 1.807) is 0 Å². The average molecular weight is 753 g/mol. The predicted octanol–water partition coefficient (Wildman–Crippen LogP) is 8.86. The van der Waals surface area contributed by atoms with Crippen LogP contribution in [-0.4, -0.2) is 75.7 Å². The molecule has 3 saturated heterocycles. The smallest absolute Gasteiger partial charge is 0.129 e. The predicted molar refractivity (Wildman–Crippen MR) is 215 cm³/mol. The maximum Gasteiger partial charge on any atom is 0.129 e. The van der Waals surface area contributed by atoms with E-state index in [0.717, 1.165) is 36.1 Å². The number of rotatable bonds is 15. The van der Waals surface area contributed by atoms with Gasteiger partial charge >= 0.3 is 0 Å². The fraction of sp³-hybridized carbons (Fsp3) is 0.522. The molecule has 0 N–H and O–H groups in total. The molecule has 8 heteroatoms. The third-order valence-electron chi connectivity index (χ3n) is 10.6. The first-order valence-corrected chi connectivity index (χ1v) is 23.3. The minimum atomic E-state index is -1.51. The standard InChI is InChI=1S/C46H60O7Si/c1-6-18-39-42(51-40-25-16-27-48-38(40)26-17-28-54(3,4)5)30-44(50-33-37-23-14-9-15-24-37)46(2)45(52-39)29-41(49-32-36-21-12-8-13-22-36)43(53-46)34-47-31-35-19-10-7-11-20-35/h6-15,19-24,38-45H,1,16,18,25-27,29-34H2,2-5H3/t38-,39+,40+,41+,42-,43-,44-,45-,46+/m1/s1. The molecule has 3 aliphatic rings. The van der Waals surface area contributed by atoms with Gasteiger partial charge in [-0.1, -0.05) is 117 Å². The largest absolute Gasteiger partial charge is 0.375 e. The van der Waals surface area contributed by atoms with Crippen LogP contribution in [0.3, 0.4) is 0 Å². The summed E-state index contributed by atoms with van der Waals surface area (Å²) in [5, 5.41) is 0. The van der Waals surface area contributed by atoms with E-state index in [0.29, 0.717) is 52.1 Å². The van der Waals surface area contributed by atoms with Gasteiger partial charge in [-0.05, 0) is 42.9 Å². The van der Waals surface area contributed by atoms with Crippen LogP contribution in [-0.2, 0) is 53.0 Å². The summed E-state index contributed by atoms with van der Waals surface area (Å²) in [5.74, 6) is 3.45. The van der Waals surface area contributed by atoms with Gasteiger partial charge in [-0.25, -0.2) is 0 Å². The van der Waals surface area contributed by atoms with Gasteiger partial charge in [0.15, 0.2) is 0 Å². The Morgan fingerprint density at radius 2 is 1.41 bits per heavy atom. The maximum atomic E-state index is 7.25. The van der Waals surface area contributed by atoms with Crippen molar-refractivity contribution in [3.05, 3.63) is 120 Å². The summed E-state index contributed by atoms with van der Waals surface area (Å²) in [6, 6.07) is 30.8. The van der Waals surface area contributed by atoms with Crippen LogP contribution < -0.4 is 0 Å². The van der Waals surface area contributed by atoms with Crippen molar-refractivity contribution in [1.82, 2.24) is 0 Å². The van der Waals surface area contributed by atoms with Crippen LogP contribution in [0.2, 0.25) is 19.6 Å². The minimum Gasteiger partial charge on any atom is -0.375 e. The van der Waals surface area contributed by atoms with E-state index in [4.69, 9.17) is 33.2 Å². The Morgan fingerprint density at radius 1 is 0.778 bits per heavy atom. The van der Waals surface area contributed by atoms with E-state index in [9.17, 15) is 0 Å². The van der Waals surface area contributed by atoms with Crippen LogP contribution in [0, 0.1) is 11.5 Å². The third kappa shape index (κ3) is 11.5. The average Bonchev–Trinajstić information content (AvgIpc) is 3.27. The van der Waals surface area contributed by atoms with E-state index >= 15 is 0 Å². The van der Waals surface area contributed by atoms with Gasteiger partial charge in [-0.2, -0.15) is 0 Å². The van der Waals surface area contributed by atoms with Crippen LogP contribution in [0.15, 0.2) is 104 Å². The van der Waals surface area contributed by atoms with Crippen molar-refractivity contribution in [3.8, 4) is 11.5 Å². The summed E-state index contributed by atoms with van der Waals surface area (Å²) in [4.78, 5) is 0. The molecule has 9 atom stereocenters. The highest BCUT2D eigenvalue weighted by Gasteiger charge is 2.56. The lowest BCUT2D eigenvalue weighted by molar-refractivity contribution is -0.284. The molecule has 7 nitrogen and oxygen atoms in total. The van der Waals surface area contributed by atoms with Gasteiger partial charge in [0.2, 0.25) is 0 Å². The molecule has 290 valence electrons. The van der Waals surface area contributed by atoms with Gasteiger partial charge in [-0.3, -0.25) is 0 Å². The number of ether oxygens (including phenoxy) is 7. The molecule has 0 unspecified atom stereocenters. The van der Waals surface area contributed by atoms with Crippen LogP contribution in [0.1, 0.15) is 62.1 Å². The fourth-order valence-electron chi connectivity index (χ4n) is 7.72. The van der Waals surface area contributed by atoms with Crippen molar-refractivity contribution in [3.63, 3.8) is 0 Å². The number of hydrogen-bond donors (Lipinski definition) is 0. The summed E-state index contributed by atoms with van der Waals surface area (Å²) in [6.45, 7) is 15.6. The fourth-order valence-corrected chi connectivity index (χ4v) is 8.36. The van der Waals surface area contributed by atoms with Gasteiger partial charge in [0.25, 0.3) is 0 Å². The van der Waals surface area contributed by atoms with Crippen molar-refractivity contribution in [1.29, 1.82) is 0 Å². The van der Waals surface area contributed by atoms with Crippen LogP contribution in [0.5, 0.6) is 0 Å². The van der Waals surface area contributed by atoms with Crippen molar-refractivity contribution in [2.24, 2.45) is 0 Å². The quantitative estimate of drug-likeness (QED) is 0.0874. The highest BCUT2D eigenvalue weighted by molar-refractivity contribution is 6.83. The molecule has 0 radical (unpaired) electrons. The van der Waals surface area contributed by atoms with Gasteiger partial charge in [0.05, 0.1) is 69.2 Å². The summed E-state index contributed by atoms with van der Waals surface area (Å²) in [7, 11) is -1.51. The minimum absolute atomic E-state index is 0.0880. The second-order valence-electron chi connectivity index (χ2n) is 16.1. The molecule has 6 rings (SSSR count). The Balaban J connectivity index is 1.28. The Labute approximate surface area is 324 Å². The van der Waals surface area contributed by atoms with E-state index in [2.05, 4.69) is 81.0 Å². The number of fused-ring (bicyclic) bond motifs is 1. The topological polar surface area (TPSA) is 64.6 Å². The molecule has 0 aliphatic carbocycles. The molecular weight excluding hydrogens is 693 g/mol. The lowest BCUT2D eigenvalue weighted by Gasteiger charge is -2.50. The molecule has 0 aromatic heterocycles. The number of hydrogen-bond acceptors (Lipinski definition) is 7. The Morgan fingerprint density at radius 3 is 2.04 bits per heavy atom. The molecular formula is C46H60O7Si. The summed E-state index contributed by atoms with van der Waals surface area (Å²) < 4.78 is 47.9. The normalized spacial score (nSPS) is 30.0. The molecule has 0 amide bonds. The molecule has 3 aromatic rings. The SMILES string of the molecule is C=CC[C@@H]1O[C@@H]2C[C@H](OCc3ccccc3)[C@@H](COCc3ccccc3)O[C@@]2(C)[C@H](OCc2ccccc2)C[C@H]1O[C@H]1CCCO[C@@H]1CC#C[Si](C)(C)C. The van der Waals surface area contributed by atoms with Gasteiger partial charge in [0, 0.05) is 25.9 Å². The lowest BCUT2D eigenvalue weighted by Crippen LogP contribution is -2.62. The lowest BCUT2D eigenvalue weighted by atomic mass is 9.82. The molecule has 0 bridgehead atoms. The maximum absolute atomic E-state index is 7.25. The van der Waals surface area contributed by atoms with Crippen molar-refractivity contribution in [2.45, 2.75) is 139 Å². The zero-order chi connectivity index (χ0) is 37.8. The molecule has 54 heavy (non-hydrogen) atoms. The monoisotopic (exact) mass is 752 g/mol. The molecule has 3 heterocycles. The second kappa shape index (κ2) is 19.7. The zero-order valence-corrected chi connectivity index (χ0v) is 33.7. The van der Waals surface area contributed by atoms with Crippen molar-refractivity contribution < 1.29 is 33.2 Å². The Hall–Kier alpha value is -3.10. The first kappa shape index (κ1) is 40.6. The van der Waals surface area contributed by atoms with Crippen LogP contribution >= 0.6 is 0 Å². The first-order valence-electron chi connectivity index (χ1n) is 19.8. The van der Waals surface area contributed by atoms with E-state index in [-0.39, 0.29) is 48.8 Å². The van der Waals surface area contributed by atoms with E-state index < -0.39 is 13.7 Å². The second-order valence-corrected chi connectivity index (χ2v) is 20.9. The molecule has 0 saturated carbocycles. The highest BCUT2D eigenvalue weighted by atomic mass is 28.3. The van der Waals surface area contributed by atoms with Gasteiger partial charge in [-0.15, -0.1) is 18.0 Å². The summed E-state index contributed by atoms with van der Waals surface area (Å²) in [5.41, 5.74) is 6.03.